The molecule has 0 atom stereocenters. The van der Waals surface area contributed by atoms with E-state index < -0.39 is 5.97 Å². The van der Waals surface area contributed by atoms with E-state index >= 15 is 0 Å². The van der Waals surface area contributed by atoms with Crippen LogP contribution in [0.1, 0.15) is 22.3 Å². The van der Waals surface area contributed by atoms with Gasteiger partial charge in [-0.05, 0) is 30.7 Å². The Balaban J connectivity index is 1.57. The number of carbonyl (C=O) groups is 3. The van der Waals surface area contributed by atoms with E-state index in [1.807, 2.05) is 13.0 Å². The summed E-state index contributed by atoms with van der Waals surface area (Å²) in [5.74, 6) is -1.07. The van der Waals surface area contributed by atoms with Gasteiger partial charge in [-0.25, -0.2) is 14.8 Å². The average molecular weight is 426 g/mol. The van der Waals surface area contributed by atoms with Crippen molar-refractivity contribution in [3.8, 4) is 5.88 Å². The smallest absolute Gasteiger partial charge is 0.324 e. The molecule has 11 nitrogen and oxygen atoms in total. The van der Waals surface area contributed by atoms with Gasteiger partial charge in [0.05, 0.1) is 13.0 Å². The summed E-state index contributed by atoms with van der Waals surface area (Å²) in [5.41, 5.74) is 8.18. The third-order valence-corrected chi connectivity index (χ3v) is 5.33. The molecule has 0 radical (unpaired) electrons. The lowest BCUT2D eigenvalue weighted by Gasteiger charge is -2.24. The van der Waals surface area contributed by atoms with Crippen LogP contribution in [0.15, 0.2) is 24.5 Å². The van der Waals surface area contributed by atoms with Crippen LogP contribution in [0.3, 0.4) is 0 Å². The van der Waals surface area contributed by atoms with Crippen molar-refractivity contribution < 1.29 is 24.2 Å². The Morgan fingerprint density at radius 1 is 1.19 bits per heavy atom. The number of nitrogens with zero attached hydrogens (tertiary/aromatic N) is 5. The van der Waals surface area contributed by atoms with Crippen LogP contribution in [0, 0.1) is 6.92 Å². The molecule has 0 bridgehead atoms. The van der Waals surface area contributed by atoms with Crippen LogP contribution in [0.2, 0.25) is 0 Å². The number of benzene rings is 1. The van der Waals surface area contributed by atoms with Crippen molar-refractivity contribution in [1.82, 2.24) is 14.9 Å². The monoisotopic (exact) mass is 426 g/mol. The highest BCUT2D eigenvalue weighted by Gasteiger charge is 2.32. The summed E-state index contributed by atoms with van der Waals surface area (Å²) in [6, 6.07) is 5.15. The number of aromatic nitrogens is 2. The second kappa shape index (κ2) is 8.09. The molecule has 2 aliphatic rings. The number of urea groups is 1. The molecule has 0 spiro atoms. The number of nitrogen functional groups attached to an aromatic ring is 1. The fourth-order valence-corrected chi connectivity index (χ4v) is 3.76. The Bertz CT molecular complexity index is 1060. The molecule has 1 aromatic carbocycles. The maximum absolute atomic E-state index is 13.1. The number of fused-ring (bicyclic) bond motifs is 1. The third-order valence-electron chi connectivity index (χ3n) is 5.33. The second-order valence-electron chi connectivity index (χ2n) is 7.28. The topological polar surface area (TPSA) is 142 Å². The zero-order chi connectivity index (χ0) is 22.1. The van der Waals surface area contributed by atoms with E-state index in [2.05, 4.69) is 9.97 Å². The summed E-state index contributed by atoms with van der Waals surface area (Å²) in [5, 5.41) is 8.85. The summed E-state index contributed by atoms with van der Waals surface area (Å²) >= 11 is 0. The van der Waals surface area contributed by atoms with Crippen LogP contribution in [0.5, 0.6) is 5.88 Å². The number of carboxylic acids is 1. The van der Waals surface area contributed by atoms with E-state index in [0.29, 0.717) is 31.0 Å². The quantitative estimate of drug-likeness (QED) is 0.724. The lowest BCUT2D eigenvalue weighted by Crippen LogP contribution is -2.34. The van der Waals surface area contributed by atoms with Gasteiger partial charge in [0.15, 0.2) is 0 Å². The molecule has 162 valence electrons. The second-order valence-corrected chi connectivity index (χ2v) is 7.28. The van der Waals surface area contributed by atoms with Crippen molar-refractivity contribution in [2.24, 2.45) is 0 Å². The maximum atomic E-state index is 13.1. The highest BCUT2D eigenvalue weighted by atomic mass is 16.5. The Labute approximate surface area is 178 Å². The minimum absolute atomic E-state index is 0.0550. The van der Waals surface area contributed by atoms with E-state index in [1.165, 1.54) is 11.2 Å². The Kier molecular flexibility index (Phi) is 5.32. The zero-order valence-corrected chi connectivity index (χ0v) is 16.9. The Hall–Kier alpha value is -3.89. The molecular formula is C20H22N6O5. The first kappa shape index (κ1) is 20.4. The van der Waals surface area contributed by atoms with E-state index in [4.69, 9.17) is 15.6 Å². The summed E-state index contributed by atoms with van der Waals surface area (Å²) in [4.78, 5) is 49.2. The molecule has 31 heavy (non-hydrogen) atoms. The Morgan fingerprint density at radius 3 is 2.74 bits per heavy atom. The van der Waals surface area contributed by atoms with E-state index in [0.717, 1.165) is 5.56 Å². The molecule has 2 aliphatic heterocycles. The SMILES string of the molecule is Cc1cc(N2CCOc3ncnc(N)c3C2=O)ccc1N1CCN(CCC(=O)O)C1=O. The van der Waals surface area contributed by atoms with Crippen molar-refractivity contribution in [2.75, 3.05) is 48.3 Å². The van der Waals surface area contributed by atoms with Crippen molar-refractivity contribution in [1.29, 1.82) is 0 Å². The first-order valence-electron chi connectivity index (χ1n) is 9.81. The lowest BCUT2D eigenvalue weighted by molar-refractivity contribution is -0.137. The van der Waals surface area contributed by atoms with Crippen LogP contribution in [0.4, 0.5) is 22.0 Å². The third kappa shape index (κ3) is 3.81. The van der Waals surface area contributed by atoms with Crippen molar-refractivity contribution in [3.63, 3.8) is 0 Å². The minimum atomic E-state index is -0.939. The van der Waals surface area contributed by atoms with E-state index in [1.54, 1.807) is 21.9 Å². The first-order chi connectivity index (χ1) is 14.9. The van der Waals surface area contributed by atoms with Gasteiger partial charge < -0.3 is 25.4 Å². The number of hydrogen-bond donors (Lipinski definition) is 2. The van der Waals surface area contributed by atoms with Gasteiger partial charge in [0.25, 0.3) is 5.91 Å². The number of aryl methyl sites for hydroxylation is 1. The first-order valence-corrected chi connectivity index (χ1v) is 9.81. The average Bonchev–Trinajstić information content (AvgIpc) is 2.99. The summed E-state index contributed by atoms with van der Waals surface area (Å²) in [6.45, 7) is 3.52. The number of aliphatic carboxylic acids is 1. The van der Waals surface area contributed by atoms with Gasteiger partial charge in [0, 0.05) is 31.0 Å². The van der Waals surface area contributed by atoms with Crippen LogP contribution >= 0.6 is 0 Å². The van der Waals surface area contributed by atoms with Crippen LogP contribution in [0.25, 0.3) is 0 Å². The predicted octanol–water partition coefficient (Wildman–Crippen LogP) is 1.12. The standard InChI is InChI=1S/C20H22N6O5/c1-12-10-13(25-8-9-31-18-16(19(25)29)17(21)22-11-23-18)2-3-14(12)26-7-6-24(20(26)30)5-4-15(27)28/h2-3,10-11H,4-9H2,1H3,(H,27,28)(H2,21,22,23). The predicted molar refractivity (Wildman–Crippen MR) is 111 cm³/mol. The van der Waals surface area contributed by atoms with Gasteiger partial charge >= 0.3 is 12.0 Å². The Morgan fingerprint density at radius 2 is 2.00 bits per heavy atom. The number of hydrogen-bond acceptors (Lipinski definition) is 7. The molecule has 1 saturated heterocycles. The highest BCUT2D eigenvalue weighted by molar-refractivity contribution is 6.10. The molecule has 0 saturated carbocycles. The van der Waals surface area contributed by atoms with E-state index in [9.17, 15) is 14.4 Å². The molecule has 1 fully saturated rings. The molecule has 11 heteroatoms. The van der Waals surface area contributed by atoms with Gasteiger partial charge in [-0.1, -0.05) is 0 Å². The molecule has 0 aliphatic carbocycles. The normalized spacial score (nSPS) is 16.2. The number of nitrogens with two attached hydrogens (primary N) is 1. The zero-order valence-electron chi connectivity index (χ0n) is 16.9. The molecule has 4 rings (SSSR count). The summed E-state index contributed by atoms with van der Waals surface area (Å²) in [6.07, 6.45) is 1.16. The number of ether oxygens (including phenoxy) is 1. The van der Waals surface area contributed by atoms with Crippen molar-refractivity contribution in [3.05, 3.63) is 35.7 Å². The molecule has 3 heterocycles. The molecular weight excluding hydrogens is 404 g/mol. The van der Waals surface area contributed by atoms with Crippen LogP contribution < -0.4 is 20.3 Å². The number of rotatable bonds is 5. The fraction of sp³-hybridized carbons (Fsp3) is 0.350. The van der Waals surface area contributed by atoms with Gasteiger partial charge in [0.1, 0.15) is 24.3 Å². The van der Waals surface area contributed by atoms with Crippen LogP contribution in [-0.2, 0) is 4.79 Å². The highest BCUT2D eigenvalue weighted by Crippen LogP contribution is 2.31. The number of amides is 3. The minimum Gasteiger partial charge on any atom is -0.481 e. The van der Waals surface area contributed by atoms with Gasteiger partial charge in [-0.2, -0.15) is 0 Å². The fourth-order valence-electron chi connectivity index (χ4n) is 3.76. The van der Waals surface area contributed by atoms with Crippen LogP contribution in [-0.4, -0.2) is 70.7 Å². The molecule has 2 aromatic rings. The number of carboxylic acid groups (broad SMARTS) is 1. The van der Waals surface area contributed by atoms with Crippen molar-refractivity contribution >= 4 is 35.1 Å². The van der Waals surface area contributed by atoms with Gasteiger partial charge in [-0.3, -0.25) is 14.5 Å². The molecule has 1 aromatic heterocycles. The number of anilines is 3. The molecule has 0 unspecified atom stereocenters. The van der Waals surface area contributed by atoms with E-state index in [-0.39, 0.29) is 48.8 Å². The van der Waals surface area contributed by atoms with Crippen molar-refractivity contribution in [2.45, 2.75) is 13.3 Å². The number of carbonyl (C=O) groups excluding carboxylic acids is 2. The summed E-state index contributed by atoms with van der Waals surface area (Å²) < 4.78 is 5.56. The van der Waals surface area contributed by atoms with Gasteiger partial charge in [0.2, 0.25) is 5.88 Å². The molecule has 3 N–H and O–H groups in total. The lowest BCUT2D eigenvalue weighted by atomic mass is 10.1. The van der Waals surface area contributed by atoms with Gasteiger partial charge in [-0.15, -0.1) is 0 Å². The largest absolute Gasteiger partial charge is 0.481 e. The molecule has 3 amide bonds. The maximum Gasteiger partial charge on any atom is 0.324 e. The summed E-state index contributed by atoms with van der Waals surface area (Å²) in [7, 11) is 0.